The molecule has 1 aromatic rings. The first-order valence-corrected chi connectivity index (χ1v) is 6.50. The lowest BCUT2D eigenvalue weighted by molar-refractivity contribution is -0.386. The van der Waals surface area contributed by atoms with Crippen LogP contribution in [-0.4, -0.2) is 35.3 Å². The maximum absolute atomic E-state index is 11.1. The van der Waals surface area contributed by atoms with Crippen LogP contribution < -0.4 is 4.74 Å². The molecule has 1 aliphatic heterocycles. The Hall–Kier alpha value is -2.41. The number of hydrogen-bond acceptors (Lipinski definition) is 5. The number of carboxylic acids is 1. The van der Waals surface area contributed by atoms with E-state index in [9.17, 15) is 14.9 Å². The molecule has 1 saturated heterocycles. The number of aliphatic carboxylic acids is 1. The van der Waals surface area contributed by atoms with E-state index in [1.54, 1.807) is 6.07 Å². The Morgan fingerprint density at radius 2 is 2.14 bits per heavy atom. The van der Waals surface area contributed by atoms with E-state index in [1.165, 1.54) is 18.2 Å². The number of carbonyl (C=O) groups is 1. The molecule has 0 bridgehead atoms. The van der Waals surface area contributed by atoms with Gasteiger partial charge < -0.3 is 14.6 Å². The van der Waals surface area contributed by atoms with Gasteiger partial charge in [-0.1, -0.05) is 6.07 Å². The molecular formula is C14H15NO6. The molecule has 112 valence electrons. The Morgan fingerprint density at radius 1 is 1.43 bits per heavy atom. The Labute approximate surface area is 120 Å². The summed E-state index contributed by atoms with van der Waals surface area (Å²) in [5, 5.41) is 19.7. The summed E-state index contributed by atoms with van der Waals surface area (Å²) < 4.78 is 10.9. The van der Waals surface area contributed by atoms with Gasteiger partial charge in [-0.05, 0) is 17.7 Å². The van der Waals surface area contributed by atoms with Crippen LogP contribution in [0.1, 0.15) is 18.4 Å². The smallest absolute Gasteiger partial charge is 0.328 e. The summed E-state index contributed by atoms with van der Waals surface area (Å²) in [6.45, 7) is 1.16. The second-order valence-electron chi connectivity index (χ2n) is 4.59. The molecule has 1 fully saturated rings. The number of nitrogens with zero attached hydrogens (tertiary/aromatic N) is 1. The minimum Gasteiger partial charge on any atom is -0.483 e. The van der Waals surface area contributed by atoms with Crippen molar-refractivity contribution in [3.8, 4) is 5.75 Å². The molecule has 7 nitrogen and oxygen atoms in total. The third-order valence-electron chi connectivity index (χ3n) is 3.06. The highest BCUT2D eigenvalue weighted by molar-refractivity contribution is 5.85. The van der Waals surface area contributed by atoms with E-state index >= 15 is 0 Å². The molecule has 0 aromatic heterocycles. The van der Waals surface area contributed by atoms with Crippen LogP contribution >= 0.6 is 0 Å². The van der Waals surface area contributed by atoms with Crippen molar-refractivity contribution in [2.75, 3.05) is 13.2 Å². The summed E-state index contributed by atoms with van der Waals surface area (Å²) in [4.78, 5) is 21.0. The molecule has 2 rings (SSSR count). The van der Waals surface area contributed by atoms with E-state index in [-0.39, 0.29) is 17.5 Å². The van der Waals surface area contributed by atoms with Gasteiger partial charge in [-0.3, -0.25) is 10.1 Å². The van der Waals surface area contributed by atoms with Crippen LogP contribution in [-0.2, 0) is 9.53 Å². The van der Waals surface area contributed by atoms with Crippen molar-refractivity contribution in [2.45, 2.75) is 18.9 Å². The first kappa shape index (κ1) is 15.0. The van der Waals surface area contributed by atoms with E-state index in [2.05, 4.69) is 0 Å². The molecule has 1 heterocycles. The molecule has 0 spiro atoms. The molecule has 1 aliphatic rings. The molecule has 0 saturated carbocycles. The van der Waals surface area contributed by atoms with Crippen LogP contribution in [0.5, 0.6) is 5.75 Å². The maximum Gasteiger partial charge on any atom is 0.328 e. The molecule has 0 unspecified atom stereocenters. The van der Waals surface area contributed by atoms with Gasteiger partial charge >= 0.3 is 11.7 Å². The molecule has 0 amide bonds. The van der Waals surface area contributed by atoms with Crippen LogP contribution in [0.15, 0.2) is 24.3 Å². The second-order valence-corrected chi connectivity index (χ2v) is 4.59. The number of hydrogen-bond donors (Lipinski definition) is 1. The topological polar surface area (TPSA) is 98.9 Å². The summed E-state index contributed by atoms with van der Waals surface area (Å²) >= 11 is 0. The monoisotopic (exact) mass is 293 g/mol. The lowest BCUT2D eigenvalue weighted by Gasteiger charge is -2.23. The summed E-state index contributed by atoms with van der Waals surface area (Å²) in [5.74, 6) is -0.917. The van der Waals surface area contributed by atoms with E-state index < -0.39 is 10.9 Å². The van der Waals surface area contributed by atoms with Gasteiger partial charge in [0.2, 0.25) is 0 Å². The van der Waals surface area contributed by atoms with Crippen molar-refractivity contribution in [1.29, 1.82) is 0 Å². The lowest BCUT2D eigenvalue weighted by Crippen LogP contribution is -2.26. The van der Waals surface area contributed by atoms with Gasteiger partial charge in [0.15, 0.2) is 5.75 Å². The highest BCUT2D eigenvalue weighted by Crippen LogP contribution is 2.30. The van der Waals surface area contributed by atoms with Crippen LogP contribution in [0.4, 0.5) is 5.69 Å². The van der Waals surface area contributed by atoms with E-state index in [0.29, 0.717) is 31.6 Å². The van der Waals surface area contributed by atoms with E-state index in [0.717, 1.165) is 6.08 Å². The fourth-order valence-electron chi connectivity index (χ4n) is 2.02. The van der Waals surface area contributed by atoms with Gasteiger partial charge in [0.25, 0.3) is 0 Å². The first-order chi connectivity index (χ1) is 10.1. The molecule has 0 radical (unpaired) electrons. The van der Waals surface area contributed by atoms with Crippen molar-refractivity contribution < 1.29 is 24.3 Å². The summed E-state index contributed by atoms with van der Waals surface area (Å²) in [5.41, 5.74) is 0.262. The Kier molecular flexibility index (Phi) is 4.89. The molecule has 0 aliphatic carbocycles. The zero-order valence-electron chi connectivity index (χ0n) is 11.2. The molecule has 1 aromatic carbocycles. The average Bonchev–Trinajstić information content (AvgIpc) is 2.47. The minimum absolute atomic E-state index is 0.0992. The molecule has 7 heteroatoms. The summed E-state index contributed by atoms with van der Waals surface area (Å²) in [6.07, 6.45) is 3.51. The average molecular weight is 293 g/mol. The lowest BCUT2D eigenvalue weighted by atomic mass is 10.1. The Bertz CT molecular complexity index is 563. The van der Waals surface area contributed by atoms with Crippen LogP contribution in [0.25, 0.3) is 6.08 Å². The Morgan fingerprint density at radius 3 is 2.76 bits per heavy atom. The number of nitro benzene ring substituents is 1. The zero-order valence-corrected chi connectivity index (χ0v) is 11.2. The normalized spacial score (nSPS) is 16.0. The van der Waals surface area contributed by atoms with Gasteiger partial charge in [0, 0.05) is 25.0 Å². The summed E-state index contributed by atoms with van der Waals surface area (Å²) in [6, 6.07) is 4.38. The minimum atomic E-state index is -1.11. The summed E-state index contributed by atoms with van der Waals surface area (Å²) in [7, 11) is 0. The highest BCUT2D eigenvalue weighted by atomic mass is 16.6. The standard InChI is InChI=1S/C14H15NO6/c16-14(17)4-2-10-1-3-13(12(9-10)15(18)19)21-11-5-7-20-8-6-11/h1-4,9,11H,5-8H2,(H,16,17). The number of carboxylic acid groups (broad SMARTS) is 1. The van der Waals surface area contributed by atoms with Crippen molar-refractivity contribution in [2.24, 2.45) is 0 Å². The SMILES string of the molecule is O=C(O)C=Cc1ccc(OC2CCOCC2)c([N+](=O)[O-])c1. The predicted molar refractivity (Wildman–Crippen MR) is 74.2 cm³/mol. The van der Waals surface area contributed by atoms with Gasteiger partial charge in [-0.15, -0.1) is 0 Å². The molecule has 21 heavy (non-hydrogen) atoms. The Balaban J connectivity index is 2.20. The van der Waals surface area contributed by atoms with Gasteiger partial charge in [-0.25, -0.2) is 4.79 Å². The van der Waals surface area contributed by atoms with Crippen LogP contribution in [0.2, 0.25) is 0 Å². The fraction of sp³-hybridized carbons (Fsp3) is 0.357. The zero-order chi connectivity index (χ0) is 15.2. The fourth-order valence-corrected chi connectivity index (χ4v) is 2.02. The van der Waals surface area contributed by atoms with Crippen LogP contribution in [0.3, 0.4) is 0 Å². The third-order valence-corrected chi connectivity index (χ3v) is 3.06. The van der Waals surface area contributed by atoms with Gasteiger partial charge in [0.05, 0.1) is 18.1 Å². The van der Waals surface area contributed by atoms with Crippen molar-refractivity contribution in [1.82, 2.24) is 0 Å². The molecule has 1 N–H and O–H groups in total. The van der Waals surface area contributed by atoms with E-state index in [4.69, 9.17) is 14.6 Å². The highest BCUT2D eigenvalue weighted by Gasteiger charge is 2.21. The second kappa shape index (κ2) is 6.85. The maximum atomic E-state index is 11.1. The largest absolute Gasteiger partial charge is 0.483 e. The number of ether oxygens (including phenoxy) is 2. The third kappa shape index (κ3) is 4.28. The van der Waals surface area contributed by atoms with Crippen LogP contribution in [0, 0.1) is 10.1 Å². The molecular weight excluding hydrogens is 278 g/mol. The van der Waals surface area contributed by atoms with Crippen molar-refractivity contribution in [3.05, 3.63) is 40.0 Å². The van der Waals surface area contributed by atoms with Crippen molar-refractivity contribution in [3.63, 3.8) is 0 Å². The number of rotatable bonds is 5. The predicted octanol–water partition coefficient (Wildman–Crippen LogP) is 2.25. The van der Waals surface area contributed by atoms with Gasteiger partial charge in [-0.2, -0.15) is 0 Å². The quantitative estimate of drug-likeness (QED) is 0.508. The molecule has 0 atom stereocenters. The first-order valence-electron chi connectivity index (χ1n) is 6.50. The van der Waals surface area contributed by atoms with Gasteiger partial charge in [0.1, 0.15) is 6.10 Å². The van der Waals surface area contributed by atoms with E-state index in [1.807, 2.05) is 0 Å². The number of nitro groups is 1. The number of benzene rings is 1. The van der Waals surface area contributed by atoms with Crippen molar-refractivity contribution >= 4 is 17.7 Å².